The van der Waals surface area contributed by atoms with Crippen molar-refractivity contribution >= 4 is 11.8 Å². The second-order valence-electron chi connectivity index (χ2n) is 7.48. The van der Waals surface area contributed by atoms with Gasteiger partial charge in [0.05, 0.1) is 12.1 Å². The van der Waals surface area contributed by atoms with E-state index in [0.717, 1.165) is 25.9 Å². The maximum Gasteiger partial charge on any atom is 0.237 e. The Kier molecular flexibility index (Phi) is 10.9. The molecule has 0 heterocycles. The number of nitrogens with one attached hydrogen (secondary N) is 2. The van der Waals surface area contributed by atoms with Crippen molar-refractivity contribution in [3.63, 3.8) is 0 Å². The van der Waals surface area contributed by atoms with Crippen LogP contribution in [0.15, 0.2) is 0 Å². The monoisotopic (exact) mass is 342 g/mol. The van der Waals surface area contributed by atoms with E-state index in [-0.39, 0.29) is 23.9 Å². The molecule has 0 saturated carbocycles. The molecule has 0 aliphatic heterocycles. The van der Waals surface area contributed by atoms with Crippen molar-refractivity contribution in [3.8, 4) is 0 Å². The minimum atomic E-state index is -0.132. The highest BCUT2D eigenvalue weighted by molar-refractivity contribution is 5.81. The normalized spacial score (nSPS) is 14.3. The summed E-state index contributed by atoms with van der Waals surface area (Å²) in [7, 11) is 7.32. The molecule has 2 N–H and O–H groups in total. The lowest BCUT2D eigenvalue weighted by molar-refractivity contribution is -0.128. The van der Waals surface area contributed by atoms with Gasteiger partial charge in [0, 0.05) is 27.2 Å². The summed E-state index contributed by atoms with van der Waals surface area (Å²) in [6.45, 7) is 9.99. The van der Waals surface area contributed by atoms with E-state index in [1.807, 2.05) is 14.1 Å². The van der Waals surface area contributed by atoms with Gasteiger partial charge in [0.15, 0.2) is 0 Å². The molecule has 0 unspecified atom stereocenters. The van der Waals surface area contributed by atoms with Crippen LogP contribution in [0.25, 0.3) is 0 Å². The summed E-state index contributed by atoms with van der Waals surface area (Å²) in [4.78, 5) is 28.5. The van der Waals surface area contributed by atoms with Crippen molar-refractivity contribution in [2.75, 3.05) is 41.3 Å². The second-order valence-corrected chi connectivity index (χ2v) is 7.48. The number of hydrogen-bond donors (Lipinski definition) is 2. The summed E-state index contributed by atoms with van der Waals surface area (Å²) in [5.41, 5.74) is 0. The Morgan fingerprint density at radius 2 is 1.04 bits per heavy atom. The predicted molar refractivity (Wildman–Crippen MR) is 99.9 cm³/mol. The molecule has 6 heteroatoms. The summed E-state index contributed by atoms with van der Waals surface area (Å²) >= 11 is 0. The third kappa shape index (κ3) is 8.11. The Balaban J connectivity index is 4.79. The van der Waals surface area contributed by atoms with Crippen molar-refractivity contribution in [2.24, 2.45) is 11.8 Å². The Morgan fingerprint density at radius 3 is 1.25 bits per heavy atom. The Bertz CT molecular complexity index is 349. The molecule has 0 aromatic carbocycles. The molecule has 2 amide bonds. The zero-order chi connectivity index (χ0) is 18.9. The number of nitrogens with zero attached hydrogens (tertiary/aromatic N) is 2. The predicted octanol–water partition coefficient (Wildman–Crippen LogP) is 1.17. The summed E-state index contributed by atoms with van der Waals surface area (Å²) in [5, 5.41) is 5.51. The van der Waals surface area contributed by atoms with E-state index in [9.17, 15) is 9.59 Å². The maximum absolute atomic E-state index is 12.1. The fourth-order valence-electron chi connectivity index (χ4n) is 2.83. The summed E-state index contributed by atoms with van der Waals surface area (Å²) in [6, 6.07) is -0.265. The minimum absolute atomic E-state index is 0.0545. The molecular formula is C18H38N4O2. The van der Waals surface area contributed by atoms with Crippen LogP contribution in [0.1, 0.15) is 40.5 Å². The zero-order valence-electron chi connectivity index (χ0n) is 16.8. The third-order valence-electron chi connectivity index (χ3n) is 4.36. The summed E-state index contributed by atoms with van der Waals surface area (Å²) in [6.07, 6.45) is 1.65. The molecular weight excluding hydrogens is 304 g/mol. The van der Waals surface area contributed by atoms with Crippen LogP contribution >= 0.6 is 0 Å². The van der Waals surface area contributed by atoms with Gasteiger partial charge in [0.25, 0.3) is 0 Å². The first-order valence-corrected chi connectivity index (χ1v) is 8.97. The number of hydrogen-bond acceptors (Lipinski definition) is 4. The molecule has 24 heavy (non-hydrogen) atoms. The van der Waals surface area contributed by atoms with Crippen molar-refractivity contribution in [3.05, 3.63) is 0 Å². The van der Waals surface area contributed by atoms with E-state index in [1.54, 1.807) is 14.1 Å². The van der Waals surface area contributed by atoms with Crippen molar-refractivity contribution in [1.82, 2.24) is 20.4 Å². The van der Waals surface area contributed by atoms with E-state index in [1.165, 1.54) is 0 Å². The summed E-state index contributed by atoms with van der Waals surface area (Å²) in [5.74, 6) is 1.01. The fourth-order valence-corrected chi connectivity index (χ4v) is 2.83. The fraction of sp³-hybridized carbons (Fsp3) is 0.889. The quantitative estimate of drug-likeness (QED) is 0.592. The van der Waals surface area contributed by atoms with Crippen LogP contribution in [-0.4, -0.2) is 75.0 Å². The van der Waals surface area contributed by atoms with Crippen LogP contribution in [0.4, 0.5) is 0 Å². The number of amides is 2. The molecule has 0 radical (unpaired) electrons. The van der Waals surface area contributed by atoms with E-state index < -0.39 is 0 Å². The number of carbonyl (C=O) groups excluding carboxylic acids is 2. The van der Waals surface area contributed by atoms with Gasteiger partial charge in [-0.1, -0.05) is 27.7 Å². The first kappa shape index (κ1) is 22.9. The average molecular weight is 343 g/mol. The Morgan fingerprint density at radius 1 is 0.750 bits per heavy atom. The Hall–Kier alpha value is -1.14. The Labute approximate surface area is 148 Å². The van der Waals surface area contributed by atoms with Crippen LogP contribution in [0.5, 0.6) is 0 Å². The van der Waals surface area contributed by atoms with Gasteiger partial charge in [-0.2, -0.15) is 0 Å². The second kappa shape index (κ2) is 11.4. The molecule has 142 valence electrons. The first-order chi connectivity index (χ1) is 11.1. The standard InChI is InChI=1S/C18H38N4O2/c1-13(2)11-15(17(23)19-5)21(7)9-10-22(8)16(12-14(3)4)18(24)20-6/h13-16H,9-12H2,1-8H3,(H,19,23)(H,20,24)/t15-,16-/m1/s1. The molecule has 6 nitrogen and oxygen atoms in total. The van der Waals surface area contributed by atoms with Crippen molar-refractivity contribution < 1.29 is 9.59 Å². The van der Waals surface area contributed by atoms with Gasteiger partial charge < -0.3 is 10.6 Å². The SMILES string of the molecule is CNC(=O)[C@@H](CC(C)C)N(C)CCN(C)[C@H](CC(C)C)C(=O)NC. The average Bonchev–Trinajstić information content (AvgIpc) is 2.53. The van der Waals surface area contributed by atoms with E-state index >= 15 is 0 Å². The largest absolute Gasteiger partial charge is 0.358 e. The third-order valence-corrected chi connectivity index (χ3v) is 4.36. The summed E-state index contributed by atoms with van der Waals surface area (Å²) < 4.78 is 0. The first-order valence-electron chi connectivity index (χ1n) is 8.97. The van der Waals surface area contributed by atoms with Gasteiger partial charge in [-0.05, 0) is 38.8 Å². The number of likely N-dealkylation sites (N-methyl/N-ethyl adjacent to an activating group) is 4. The smallest absolute Gasteiger partial charge is 0.237 e. The highest BCUT2D eigenvalue weighted by Crippen LogP contribution is 2.13. The highest BCUT2D eigenvalue weighted by atomic mass is 16.2. The highest BCUT2D eigenvalue weighted by Gasteiger charge is 2.26. The number of carbonyl (C=O) groups is 2. The molecule has 0 aromatic rings. The molecule has 0 aromatic heterocycles. The van der Waals surface area contributed by atoms with Crippen LogP contribution in [0, 0.1) is 11.8 Å². The number of rotatable bonds is 11. The van der Waals surface area contributed by atoms with Gasteiger partial charge >= 0.3 is 0 Å². The van der Waals surface area contributed by atoms with Gasteiger partial charge in [-0.25, -0.2) is 0 Å². The molecule has 0 rings (SSSR count). The minimum Gasteiger partial charge on any atom is -0.358 e. The van der Waals surface area contributed by atoms with Gasteiger partial charge in [-0.3, -0.25) is 19.4 Å². The van der Waals surface area contributed by atoms with Crippen LogP contribution in [-0.2, 0) is 9.59 Å². The molecule has 0 aliphatic rings. The van der Waals surface area contributed by atoms with E-state index in [2.05, 4.69) is 48.1 Å². The topological polar surface area (TPSA) is 64.7 Å². The lowest BCUT2D eigenvalue weighted by atomic mass is 10.0. The molecule has 0 spiro atoms. The molecule has 0 aliphatic carbocycles. The van der Waals surface area contributed by atoms with E-state index in [4.69, 9.17) is 0 Å². The lowest BCUT2D eigenvalue weighted by Gasteiger charge is -2.32. The molecule has 0 bridgehead atoms. The van der Waals surface area contributed by atoms with Crippen LogP contribution < -0.4 is 10.6 Å². The molecule has 0 saturated heterocycles. The zero-order valence-corrected chi connectivity index (χ0v) is 16.8. The lowest BCUT2D eigenvalue weighted by Crippen LogP contribution is -2.50. The van der Waals surface area contributed by atoms with E-state index in [0.29, 0.717) is 11.8 Å². The van der Waals surface area contributed by atoms with Crippen molar-refractivity contribution in [2.45, 2.75) is 52.6 Å². The van der Waals surface area contributed by atoms with Gasteiger partial charge in [0.1, 0.15) is 0 Å². The van der Waals surface area contributed by atoms with Gasteiger partial charge in [0.2, 0.25) is 11.8 Å². The molecule has 0 fully saturated rings. The molecule has 2 atom stereocenters. The van der Waals surface area contributed by atoms with Gasteiger partial charge in [-0.15, -0.1) is 0 Å². The van der Waals surface area contributed by atoms with Crippen LogP contribution in [0.3, 0.4) is 0 Å². The maximum atomic E-state index is 12.1. The van der Waals surface area contributed by atoms with Crippen molar-refractivity contribution in [1.29, 1.82) is 0 Å². The van der Waals surface area contributed by atoms with Crippen LogP contribution in [0.2, 0.25) is 0 Å².